The average molecular weight is 294 g/mol. The van der Waals surface area contributed by atoms with Crippen LogP contribution in [-0.4, -0.2) is 21.8 Å². The maximum Gasteiger partial charge on any atom is 0.226 e. The molecule has 2 rings (SSSR count). The van der Waals surface area contributed by atoms with Crippen LogP contribution in [0, 0.1) is 10.6 Å². The first-order chi connectivity index (χ1) is 9.43. The molecule has 0 radical (unpaired) electrons. The summed E-state index contributed by atoms with van der Waals surface area (Å²) in [7, 11) is 1.89. The number of nitrogens with zero attached hydrogens (tertiary/aromatic N) is 3. The van der Waals surface area contributed by atoms with Gasteiger partial charge >= 0.3 is 0 Å². The van der Waals surface area contributed by atoms with Crippen molar-refractivity contribution in [3.05, 3.63) is 40.4 Å². The Hall–Kier alpha value is -1.69. The second-order valence-electron chi connectivity index (χ2n) is 5.10. The molecule has 0 aliphatic carbocycles. The Morgan fingerprint density at radius 2 is 1.95 bits per heavy atom. The van der Waals surface area contributed by atoms with E-state index in [-0.39, 0.29) is 17.9 Å². The summed E-state index contributed by atoms with van der Waals surface area (Å²) >= 11 is 5.24. The summed E-state index contributed by atoms with van der Waals surface area (Å²) in [6.07, 6.45) is 0. The summed E-state index contributed by atoms with van der Waals surface area (Å²) in [5, 5.41) is 7.06. The standard InChI is InChI=1S/C14H19FN4S/c1-9(2)19-13(16-17-14(19)20)18(4)10(3)11-7-5-6-8-12(11)15/h5-10H,1-4H3,(H,17,20). The molecule has 2 aromatic rings. The molecule has 4 nitrogen and oxygen atoms in total. The number of hydrogen-bond donors (Lipinski definition) is 1. The maximum absolute atomic E-state index is 13.9. The van der Waals surface area contributed by atoms with Gasteiger partial charge in [-0.25, -0.2) is 9.49 Å². The Bertz CT molecular complexity index is 647. The van der Waals surface area contributed by atoms with Gasteiger partial charge in [0.2, 0.25) is 5.95 Å². The van der Waals surface area contributed by atoms with Crippen molar-refractivity contribution >= 4 is 18.2 Å². The van der Waals surface area contributed by atoms with Gasteiger partial charge in [-0.2, -0.15) is 0 Å². The summed E-state index contributed by atoms with van der Waals surface area (Å²) < 4.78 is 16.4. The highest BCUT2D eigenvalue weighted by molar-refractivity contribution is 7.71. The van der Waals surface area contributed by atoms with Crippen LogP contribution in [0.5, 0.6) is 0 Å². The fraction of sp³-hybridized carbons (Fsp3) is 0.429. The van der Waals surface area contributed by atoms with Crippen molar-refractivity contribution in [2.75, 3.05) is 11.9 Å². The predicted molar refractivity (Wildman–Crippen MR) is 81.0 cm³/mol. The average Bonchev–Trinajstić information content (AvgIpc) is 2.79. The van der Waals surface area contributed by atoms with E-state index in [9.17, 15) is 4.39 Å². The van der Waals surface area contributed by atoms with Crippen LogP contribution < -0.4 is 4.90 Å². The van der Waals surface area contributed by atoms with Crippen LogP contribution in [0.1, 0.15) is 38.4 Å². The lowest BCUT2D eigenvalue weighted by Crippen LogP contribution is -2.26. The second-order valence-corrected chi connectivity index (χ2v) is 5.49. The van der Waals surface area contributed by atoms with E-state index in [2.05, 4.69) is 10.2 Å². The van der Waals surface area contributed by atoms with E-state index in [1.165, 1.54) is 6.07 Å². The first kappa shape index (κ1) is 14.7. The highest BCUT2D eigenvalue weighted by Gasteiger charge is 2.21. The van der Waals surface area contributed by atoms with Gasteiger partial charge in [-0.05, 0) is 39.1 Å². The van der Waals surface area contributed by atoms with Gasteiger partial charge in [0.15, 0.2) is 4.77 Å². The Morgan fingerprint density at radius 3 is 2.55 bits per heavy atom. The van der Waals surface area contributed by atoms with Gasteiger partial charge in [-0.1, -0.05) is 18.2 Å². The summed E-state index contributed by atoms with van der Waals surface area (Å²) in [6, 6.07) is 6.83. The number of benzene rings is 1. The number of hydrogen-bond acceptors (Lipinski definition) is 3. The van der Waals surface area contributed by atoms with Gasteiger partial charge in [-0.15, -0.1) is 5.10 Å². The molecule has 0 bridgehead atoms. The van der Waals surface area contributed by atoms with Crippen molar-refractivity contribution in [1.82, 2.24) is 14.8 Å². The molecule has 6 heteroatoms. The lowest BCUT2D eigenvalue weighted by molar-refractivity contribution is 0.554. The van der Waals surface area contributed by atoms with E-state index in [4.69, 9.17) is 12.2 Å². The molecular formula is C14H19FN4S. The van der Waals surface area contributed by atoms with Crippen LogP contribution in [0.2, 0.25) is 0 Å². The van der Waals surface area contributed by atoms with Crippen LogP contribution in [0.4, 0.5) is 10.3 Å². The maximum atomic E-state index is 13.9. The molecule has 0 fully saturated rings. The van der Waals surface area contributed by atoms with Crippen molar-refractivity contribution in [2.24, 2.45) is 0 Å². The predicted octanol–water partition coefficient (Wildman–Crippen LogP) is 3.86. The van der Waals surface area contributed by atoms with E-state index in [1.807, 2.05) is 43.4 Å². The molecule has 1 aromatic heterocycles. The van der Waals surface area contributed by atoms with E-state index in [0.717, 1.165) is 0 Å². The van der Waals surface area contributed by atoms with Crippen LogP contribution in [0.25, 0.3) is 0 Å². The SMILES string of the molecule is CC(c1ccccc1F)N(C)c1n[nH]c(=S)n1C(C)C. The van der Waals surface area contributed by atoms with Gasteiger partial charge in [0, 0.05) is 18.7 Å². The Balaban J connectivity index is 2.39. The molecule has 1 atom stereocenters. The van der Waals surface area contributed by atoms with Gasteiger partial charge in [-0.3, -0.25) is 4.57 Å². The summed E-state index contributed by atoms with van der Waals surface area (Å²) in [5.74, 6) is 0.498. The van der Waals surface area contributed by atoms with Crippen molar-refractivity contribution in [3.63, 3.8) is 0 Å². The number of nitrogens with one attached hydrogen (secondary N) is 1. The first-order valence-electron chi connectivity index (χ1n) is 6.57. The fourth-order valence-corrected chi connectivity index (χ4v) is 2.54. The topological polar surface area (TPSA) is 36.9 Å². The molecule has 0 spiro atoms. The van der Waals surface area contributed by atoms with Crippen LogP contribution in [0.15, 0.2) is 24.3 Å². The highest BCUT2D eigenvalue weighted by atomic mass is 32.1. The van der Waals surface area contributed by atoms with Crippen LogP contribution >= 0.6 is 12.2 Å². The summed E-state index contributed by atoms with van der Waals surface area (Å²) in [6.45, 7) is 6.02. The molecule has 1 heterocycles. The number of H-pyrrole nitrogens is 1. The fourth-order valence-electron chi connectivity index (χ4n) is 2.21. The molecule has 0 saturated carbocycles. The van der Waals surface area contributed by atoms with Gasteiger partial charge in [0.25, 0.3) is 0 Å². The molecule has 1 aromatic carbocycles. The largest absolute Gasteiger partial charge is 0.337 e. The Kier molecular flexibility index (Phi) is 4.23. The molecule has 108 valence electrons. The number of aromatic nitrogens is 3. The molecule has 1 unspecified atom stereocenters. The van der Waals surface area contributed by atoms with E-state index < -0.39 is 0 Å². The molecule has 1 N–H and O–H groups in total. The van der Waals surface area contributed by atoms with Crippen LogP contribution in [0.3, 0.4) is 0 Å². The molecule has 0 aliphatic rings. The minimum atomic E-state index is -0.211. The zero-order chi connectivity index (χ0) is 14.9. The summed E-state index contributed by atoms with van der Waals surface area (Å²) in [4.78, 5) is 1.92. The zero-order valence-electron chi connectivity index (χ0n) is 12.1. The quantitative estimate of drug-likeness (QED) is 0.870. The monoisotopic (exact) mass is 294 g/mol. The highest BCUT2D eigenvalue weighted by Crippen LogP contribution is 2.27. The minimum absolute atomic E-state index is 0.140. The van der Waals surface area contributed by atoms with E-state index in [1.54, 1.807) is 12.1 Å². The lowest BCUT2D eigenvalue weighted by atomic mass is 10.1. The van der Waals surface area contributed by atoms with Gasteiger partial charge < -0.3 is 4.90 Å². The Labute approximate surface area is 123 Å². The molecule has 0 amide bonds. The summed E-state index contributed by atoms with van der Waals surface area (Å²) in [5.41, 5.74) is 0.638. The van der Waals surface area contributed by atoms with E-state index in [0.29, 0.717) is 16.3 Å². The number of halogens is 1. The van der Waals surface area contributed by atoms with Crippen molar-refractivity contribution in [1.29, 1.82) is 0 Å². The van der Waals surface area contributed by atoms with Crippen molar-refractivity contribution < 1.29 is 4.39 Å². The van der Waals surface area contributed by atoms with Crippen LogP contribution in [-0.2, 0) is 0 Å². The van der Waals surface area contributed by atoms with Crippen molar-refractivity contribution in [3.8, 4) is 0 Å². The third kappa shape index (κ3) is 2.60. The number of rotatable bonds is 4. The second kappa shape index (κ2) is 5.75. The molecule has 0 saturated heterocycles. The first-order valence-corrected chi connectivity index (χ1v) is 6.98. The van der Waals surface area contributed by atoms with Gasteiger partial charge in [0.1, 0.15) is 5.82 Å². The third-order valence-electron chi connectivity index (χ3n) is 3.45. The third-order valence-corrected chi connectivity index (χ3v) is 3.74. The van der Waals surface area contributed by atoms with E-state index >= 15 is 0 Å². The number of anilines is 1. The van der Waals surface area contributed by atoms with Gasteiger partial charge in [0.05, 0.1) is 6.04 Å². The van der Waals surface area contributed by atoms with Crippen molar-refractivity contribution in [2.45, 2.75) is 32.9 Å². The Morgan fingerprint density at radius 1 is 1.30 bits per heavy atom. The lowest BCUT2D eigenvalue weighted by Gasteiger charge is -2.27. The number of aromatic amines is 1. The zero-order valence-corrected chi connectivity index (χ0v) is 12.9. The smallest absolute Gasteiger partial charge is 0.226 e. The minimum Gasteiger partial charge on any atom is -0.337 e. The molecule has 20 heavy (non-hydrogen) atoms. The molecule has 0 aliphatic heterocycles. The normalized spacial score (nSPS) is 12.7. The molecular weight excluding hydrogens is 275 g/mol.